The van der Waals surface area contributed by atoms with Gasteiger partial charge in [-0.1, -0.05) is 17.8 Å². The maximum absolute atomic E-state index is 4.23. The van der Waals surface area contributed by atoms with Crippen molar-refractivity contribution in [2.24, 2.45) is 11.8 Å². The van der Waals surface area contributed by atoms with E-state index in [1.165, 1.54) is 32.4 Å². The number of hydrogen-bond donors (Lipinski definition) is 0. The molecule has 0 radical (unpaired) electrons. The van der Waals surface area contributed by atoms with E-state index in [4.69, 9.17) is 0 Å². The average Bonchev–Trinajstić information content (AvgIpc) is 2.91. The predicted octanol–water partition coefficient (Wildman–Crippen LogP) is 1.77. The Balaban J connectivity index is 1.34. The van der Waals surface area contributed by atoms with Crippen LogP contribution in [0.2, 0.25) is 0 Å². The van der Waals surface area contributed by atoms with Crippen LogP contribution in [0.25, 0.3) is 0 Å². The van der Waals surface area contributed by atoms with E-state index in [1.807, 2.05) is 6.92 Å². The molecule has 3 fully saturated rings. The molecule has 1 saturated carbocycles. The zero-order chi connectivity index (χ0) is 12.1. The van der Waals surface area contributed by atoms with Crippen molar-refractivity contribution in [1.29, 1.82) is 0 Å². The third-order valence-electron chi connectivity index (χ3n) is 4.92. The van der Waals surface area contributed by atoms with Crippen LogP contribution in [0.15, 0.2) is 0 Å². The minimum Gasteiger partial charge on any atom is -0.343 e. The van der Waals surface area contributed by atoms with Gasteiger partial charge in [0.1, 0.15) is 5.01 Å². The highest BCUT2D eigenvalue weighted by molar-refractivity contribution is 7.15. The first-order valence-electron chi connectivity index (χ1n) is 7.09. The molecule has 5 heteroatoms. The Morgan fingerprint density at radius 2 is 1.78 bits per heavy atom. The van der Waals surface area contributed by atoms with Crippen molar-refractivity contribution in [2.75, 3.05) is 31.1 Å². The molecule has 2 unspecified atom stereocenters. The summed E-state index contributed by atoms with van der Waals surface area (Å²) in [7, 11) is 0. The molecule has 0 amide bonds. The van der Waals surface area contributed by atoms with Crippen molar-refractivity contribution in [1.82, 2.24) is 15.1 Å². The van der Waals surface area contributed by atoms with Crippen LogP contribution in [0.1, 0.15) is 24.3 Å². The summed E-state index contributed by atoms with van der Waals surface area (Å²) in [6, 6.07) is 0.778. The Labute approximate surface area is 112 Å². The second-order valence-electron chi connectivity index (χ2n) is 6.07. The minimum atomic E-state index is 0.778. The second-order valence-corrected chi connectivity index (χ2v) is 7.23. The van der Waals surface area contributed by atoms with Gasteiger partial charge in [0.05, 0.1) is 0 Å². The van der Waals surface area contributed by atoms with Gasteiger partial charge in [0.2, 0.25) is 5.13 Å². The zero-order valence-corrected chi connectivity index (χ0v) is 11.7. The van der Waals surface area contributed by atoms with Gasteiger partial charge in [-0.25, -0.2) is 0 Å². The predicted molar refractivity (Wildman–Crippen MR) is 73.1 cm³/mol. The summed E-state index contributed by atoms with van der Waals surface area (Å²) in [4.78, 5) is 5.11. The molecule has 0 spiro atoms. The van der Waals surface area contributed by atoms with Crippen LogP contribution in [0.5, 0.6) is 0 Å². The molecule has 2 aliphatic heterocycles. The van der Waals surface area contributed by atoms with Crippen LogP contribution in [0.3, 0.4) is 0 Å². The molecule has 3 heterocycles. The van der Waals surface area contributed by atoms with E-state index in [1.54, 1.807) is 11.3 Å². The van der Waals surface area contributed by atoms with Crippen molar-refractivity contribution in [3.63, 3.8) is 0 Å². The standard InChI is InChI=1S/C13H20N4S/c1-9-14-15-13(18-9)17-7-12(8-17)16-5-10-3-2-4-11(10)6-16/h10-12H,2-8H2,1H3. The molecule has 98 valence electrons. The third-order valence-corrected chi connectivity index (χ3v) is 5.82. The maximum atomic E-state index is 4.23. The van der Waals surface area contributed by atoms with Gasteiger partial charge in [-0.2, -0.15) is 0 Å². The molecule has 4 nitrogen and oxygen atoms in total. The van der Waals surface area contributed by atoms with Crippen LogP contribution in [-0.2, 0) is 0 Å². The first-order chi connectivity index (χ1) is 8.79. The van der Waals surface area contributed by atoms with E-state index in [0.717, 1.165) is 41.1 Å². The highest BCUT2D eigenvalue weighted by Crippen LogP contribution is 2.39. The fourth-order valence-electron chi connectivity index (χ4n) is 3.83. The van der Waals surface area contributed by atoms with Crippen LogP contribution >= 0.6 is 11.3 Å². The number of aryl methyl sites for hydroxylation is 1. The topological polar surface area (TPSA) is 32.3 Å². The minimum absolute atomic E-state index is 0.778. The van der Waals surface area contributed by atoms with Gasteiger partial charge >= 0.3 is 0 Å². The van der Waals surface area contributed by atoms with Crippen LogP contribution in [-0.4, -0.2) is 47.3 Å². The Bertz CT molecular complexity index is 428. The average molecular weight is 264 g/mol. The van der Waals surface area contributed by atoms with Gasteiger partial charge in [-0.05, 0) is 31.6 Å². The Hall–Kier alpha value is -0.680. The molecular weight excluding hydrogens is 244 g/mol. The largest absolute Gasteiger partial charge is 0.343 e. The van der Waals surface area contributed by atoms with Gasteiger partial charge in [0.15, 0.2) is 0 Å². The summed E-state index contributed by atoms with van der Waals surface area (Å²) in [5.74, 6) is 2.03. The Morgan fingerprint density at radius 3 is 2.39 bits per heavy atom. The lowest BCUT2D eigenvalue weighted by atomic mass is 10.0. The number of likely N-dealkylation sites (tertiary alicyclic amines) is 1. The lowest BCUT2D eigenvalue weighted by Crippen LogP contribution is -2.59. The first-order valence-corrected chi connectivity index (χ1v) is 7.90. The SMILES string of the molecule is Cc1nnc(N2CC(N3CC4CCCC4C3)C2)s1. The smallest absolute Gasteiger partial charge is 0.208 e. The van der Waals surface area contributed by atoms with Gasteiger partial charge in [-0.15, -0.1) is 10.2 Å². The molecule has 0 aromatic carbocycles. The Kier molecular flexibility index (Phi) is 2.59. The van der Waals surface area contributed by atoms with E-state index in [9.17, 15) is 0 Å². The summed E-state index contributed by atoms with van der Waals surface area (Å²) in [5.41, 5.74) is 0. The first kappa shape index (κ1) is 11.2. The van der Waals surface area contributed by atoms with E-state index in [-0.39, 0.29) is 0 Å². The lowest BCUT2D eigenvalue weighted by molar-refractivity contribution is 0.190. The Morgan fingerprint density at radius 1 is 1.06 bits per heavy atom. The van der Waals surface area contributed by atoms with Crippen molar-refractivity contribution in [3.8, 4) is 0 Å². The van der Waals surface area contributed by atoms with Crippen LogP contribution < -0.4 is 4.90 Å². The fraction of sp³-hybridized carbons (Fsp3) is 0.846. The highest BCUT2D eigenvalue weighted by Gasteiger charge is 2.42. The van der Waals surface area contributed by atoms with Gasteiger partial charge in [-0.3, -0.25) is 4.90 Å². The van der Waals surface area contributed by atoms with E-state index in [2.05, 4.69) is 20.0 Å². The molecule has 2 saturated heterocycles. The second kappa shape index (κ2) is 4.17. The van der Waals surface area contributed by atoms with E-state index < -0.39 is 0 Å². The number of hydrogen-bond acceptors (Lipinski definition) is 5. The van der Waals surface area contributed by atoms with Gasteiger partial charge < -0.3 is 4.90 Å². The van der Waals surface area contributed by atoms with Crippen molar-refractivity contribution in [2.45, 2.75) is 32.2 Å². The van der Waals surface area contributed by atoms with Crippen molar-refractivity contribution in [3.05, 3.63) is 5.01 Å². The van der Waals surface area contributed by atoms with E-state index >= 15 is 0 Å². The molecule has 1 aliphatic carbocycles. The van der Waals surface area contributed by atoms with Crippen LogP contribution in [0, 0.1) is 18.8 Å². The summed E-state index contributed by atoms with van der Waals surface area (Å²) in [5, 5.41) is 10.5. The fourth-order valence-corrected chi connectivity index (χ4v) is 4.53. The molecule has 2 atom stereocenters. The van der Waals surface area contributed by atoms with E-state index in [0.29, 0.717) is 0 Å². The number of aromatic nitrogens is 2. The third kappa shape index (κ3) is 1.75. The van der Waals surface area contributed by atoms with Crippen LogP contribution in [0.4, 0.5) is 5.13 Å². The van der Waals surface area contributed by atoms with Crippen molar-refractivity contribution >= 4 is 16.5 Å². The van der Waals surface area contributed by atoms with Gasteiger partial charge in [0.25, 0.3) is 0 Å². The molecule has 4 rings (SSSR count). The van der Waals surface area contributed by atoms with Crippen molar-refractivity contribution < 1.29 is 0 Å². The molecule has 3 aliphatic rings. The number of nitrogens with zero attached hydrogens (tertiary/aromatic N) is 4. The number of anilines is 1. The summed E-state index contributed by atoms with van der Waals surface area (Å²) < 4.78 is 0. The zero-order valence-electron chi connectivity index (χ0n) is 10.9. The monoisotopic (exact) mass is 264 g/mol. The summed E-state index contributed by atoms with van der Waals surface area (Å²) >= 11 is 1.72. The summed E-state index contributed by atoms with van der Waals surface area (Å²) in [6.45, 7) is 7.07. The molecule has 1 aromatic heterocycles. The molecule has 18 heavy (non-hydrogen) atoms. The molecule has 0 bridgehead atoms. The molecule has 0 N–H and O–H groups in total. The normalized spacial score (nSPS) is 32.8. The number of rotatable bonds is 2. The maximum Gasteiger partial charge on any atom is 0.208 e. The molecular formula is C13H20N4S. The summed E-state index contributed by atoms with van der Waals surface area (Å²) in [6.07, 6.45) is 4.43. The number of fused-ring (bicyclic) bond motifs is 1. The van der Waals surface area contributed by atoms with Gasteiger partial charge in [0, 0.05) is 32.2 Å². The quantitative estimate of drug-likeness (QED) is 0.815. The lowest BCUT2D eigenvalue weighted by Gasteiger charge is -2.44. The highest BCUT2D eigenvalue weighted by atomic mass is 32.1. The molecule has 1 aromatic rings.